The number of hydrogen-bond acceptors (Lipinski definition) is 3. The van der Waals surface area contributed by atoms with Gasteiger partial charge in [0.15, 0.2) is 0 Å². The monoisotopic (exact) mass is 297 g/mol. The lowest BCUT2D eigenvalue weighted by molar-refractivity contribution is 0.199. The third-order valence-electron chi connectivity index (χ3n) is 2.89. The molecule has 6 heteroatoms. The van der Waals surface area contributed by atoms with Gasteiger partial charge in [0.05, 0.1) is 6.61 Å². The second-order valence-electron chi connectivity index (χ2n) is 4.40. The molecule has 0 unspecified atom stereocenters. The smallest absolute Gasteiger partial charge is 0.128 e. The molecule has 0 bridgehead atoms. The number of rotatable bonds is 7. The first-order chi connectivity index (χ1) is 9.70. The van der Waals surface area contributed by atoms with Crippen molar-refractivity contribution in [2.45, 2.75) is 13.0 Å². The number of methoxy groups -OCH3 is 1. The summed E-state index contributed by atoms with van der Waals surface area (Å²) in [6.07, 6.45) is 2.09. The molecule has 0 saturated heterocycles. The van der Waals surface area contributed by atoms with E-state index < -0.39 is 0 Å². The van der Waals surface area contributed by atoms with Gasteiger partial charge in [0.2, 0.25) is 0 Å². The Balaban J connectivity index is 1.96. The van der Waals surface area contributed by atoms with E-state index >= 15 is 0 Å². The van der Waals surface area contributed by atoms with Crippen LogP contribution in [0.5, 0.6) is 0 Å². The van der Waals surface area contributed by atoms with Crippen LogP contribution >= 0.6 is 11.6 Å². The van der Waals surface area contributed by atoms with E-state index in [-0.39, 0.29) is 5.82 Å². The van der Waals surface area contributed by atoms with E-state index in [0.717, 1.165) is 12.2 Å². The first kappa shape index (κ1) is 15.0. The SMILES string of the molecule is COCCNCc1cnc(Cc2c(F)cccc2Cl)[nH]1. The summed E-state index contributed by atoms with van der Waals surface area (Å²) in [5.41, 5.74) is 1.41. The number of hydrogen-bond donors (Lipinski definition) is 2. The van der Waals surface area contributed by atoms with Crippen LogP contribution in [0.3, 0.4) is 0 Å². The summed E-state index contributed by atoms with van der Waals surface area (Å²) in [5.74, 6) is 0.384. The zero-order valence-corrected chi connectivity index (χ0v) is 12.0. The Kier molecular flexibility index (Phi) is 5.52. The van der Waals surface area contributed by atoms with Crippen LogP contribution in [0, 0.1) is 5.82 Å². The maximum absolute atomic E-state index is 13.7. The van der Waals surface area contributed by atoms with Crippen LogP contribution in [0.1, 0.15) is 17.1 Å². The number of H-pyrrole nitrogens is 1. The number of benzene rings is 1. The first-order valence-corrected chi connectivity index (χ1v) is 6.74. The van der Waals surface area contributed by atoms with Gasteiger partial charge in [0.25, 0.3) is 0 Å². The van der Waals surface area contributed by atoms with E-state index in [1.54, 1.807) is 25.4 Å². The molecule has 0 saturated carbocycles. The summed E-state index contributed by atoms with van der Waals surface area (Å²) >= 11 is 6.00. The van der Waals surface area contributed by atoms with Crippen molar-refractivity contribution in [3.05, 3.63) is 52.3 Å². The van der Waals surface area contributed by atoms with Crippen molar-refractivity contribution in [3.8, 4) is 0 Å². The van der Waals surface area contributed by atoms with Crippen LogP contribution in [0.4, 0.5) is 4.39 Å². The molecular weight excluding hydrogens is 281 g/mol. The van der Waals surface area contributed by atoms with Crippen molar-refractivity contribution in [3.63, 3.8) is 0 Å². The minimum absolute atomic E-state index is 0.311. The summed E-state index contributed by atoms with van der Waals surface area (Å²) in [7, 11) is 1.66. The van der Waals surface area contributed by atoms with E-state index in [9.17, 15) is 4.39 Å². The predicted octanol–water partition coefficient (Wildman–Crippen LogP) is 2.53. The maximum atomic E-state index is 13.7. The molecule has 2 rings (SSSR count). The Labute approximate surface area is 122 Å². The van der Waals surface area contributed by atoms with Crippen LogP contribution in [0.2, 0.25) is 5.02 Å². The lowest BCUT2D eigenvalue weighted by Gasteiger charge is -2.04. The zero-order valence-electron chi connectivity index (χ0n) is 11.2. The molecule has 2 aromatic rings. The van der Waals surface area contributed by atoms with Crippen molar-refractivity contribution >= 4 is 11.6 Å². The zero-order chi connectivity index (χ0) is 14.4. The molecule has 108 valence electrons. The number of aromatic amines is 1. The van der Waals surface area contributed by atoms with Crippen molar-refractivity contribution in [2.75, 3.05) is 20.3 Å². The second kappa shape index (κ2) is 7.38. The molecule has 1 heterocycles. The molecular formula is C14H17ClFN3O. The van der Waals surface area contributed by atoms with Gasteiger partial charge in [-0.2, -0.15) is 0 Å². The fraction of sp³-hybridized carbons (Fsp3) is 0.357. The largest absolute Gasteiger partial charge is 0.383 e. The molecule has 2 N–H and O–H groups in total. The highest BCUT2D eigenvalue weighted by atomic mass is 35.5. The summed E-state index contributed by atoms with van der Waals surface area (Å²) < 4.78 is 18.6. The van der Waals surface area contributed by atoms with Gasteiger partial charge in [-0.3, -0.25) is 0 Å². The minimum atomic E-state index is -0.311. The van der Waals surface area contributed by atoms with Crippen LogP contribution in [0.15, 0.2) is 24.4 Å². The number of nitrogens with one attached hydrogen (secondary N) is 2. The second-order valence-corrected chi connectivity index (χ2v) is 4.81. The average molecular weight is 298 g/mol. The first-order valence-electron chi connectivity index (χ1n) is 6.36. The predicted molar refractivity (Wildman–Crippen MR) is 76.4 cm³/mol. The fourth-order valence-electron chi connectivity index (χ4n) is 1.85. The minimum Gasteiger partial charge on any atom is -0.383 e. The molecule has 0 aliphatic carbocycles. The Hall–Kier alpha value is -1.43. The van der Waals surface area contributed by atoms with Crippen molar-refractivity contribution in [2.24, 2.45) is 0 Å². The summed E-state index contributed by atoms with van der Waals surface area (Å²) in [6, 6.07) is 4.67. The Morgan fingerprint density at radius 1 is 1.45 bits per heavy atom. The topological polar surface area (TPSA) is 49.9 Å². The van der Waals surface area contributed by atoms with E-state index in [0.29, 0.717) is 36.0 Å². The van der Waals surface area contributed by atoms with Gasteiger partial charge in [-0.25, -0.2) is 9.37 Å². The molecule has 4 nitrogen and oxygen atoms in total. The van der Waals surface area contributed by atoms with E-state index in [1.165, 1.54) is 6.07 Å². The van der Waals surface area contributed by atoms with Gasteiger partial charge in [-0.15, -0.1) is 0 Å². The summed E-state index contributed by atoms with van der Waals surface area (Å²) in [4.78, 5) is 7.39. The highest BCUT2D eigenvalue weighted by molar-refractivity contribution is 6.31. The Morgan fingerprint density at radius 3 is 3.05 bits per heavy atom. The van der Waals surface area contributed by atoms with Crippen LogP contribution in [-0.2, 0) is 17.7 Å². The molecule has 1 aromatic heterocycles. The molecule has 0 amide bonds. The van der Waals surface area contributed by atoms with Gasteiger partial charge in [0.1, 0.15) is 11.6 Å². The van der Waals surface area contributed by atoms with Crippen LogP contribution < -0.4 is 5.32 Å². The number of ether oxygens (including phenoxy) is 1. The normalized spacial score (nSPS) is 10.9. The van der Waals surface area contributed by atoms with Gasteiger partial charge in [-0.1, -0.05) is 17.7 Å². The molecule has 1 aromatic carbocycles. The lowest BCUT2D eigenvalue weighted by Crippen LogP contribution is -2.18. The fourth-order valence-corrected chi connectivity index (χ4v) is 2.08. The third kappa shape index (κ3) is 4.03. The van der Waals surface area contributed by atoms with Gasteiger partial charge in [-0.05, 0) is 12.1 Å². The molecule has 0 radical (unpaired) electrons. The van der Waals surface area contributed by atoms with Gasteiger partial charge >= 0.3 is 0 Å². The van der Waals surface area contributed by atoms with E-state index in [1.807, 2.05) is 0 Å². The van der Waals surface area contributed by atoms with Crippen molar-refractivity contribution < 1.29 is 9.13 Å². The average Bonchev–Trinajstić information content (AvgIpc) is 2.87. The third-order valence-corrected chi connectivity index (χ3v) is 3.24. The highest BCUT2D eigenvalue weighted by Gasteiger charge is 2.10. The number of halogens is 2. The van der Waals surface area contributed by atoms with E-state index in [4.69, 9.17) is 16.3 Å². The Morgan fingerprint density at radius 2 is 2.30 bits per heavy atom. The van der Waals surface area contributed by atoms with Crippen LogP contribution in [-0.4, -0.2) is 30.2 Å². The maximum Gasteiger partial charge on any atom is 0.128 e. The molecule has 0 aliphatic heterocycles. The van der Waals surface area contributed by atoms with E-state index in [2.05, 4.69) is 15.3 Å². The number of nitrogens with zero attached hydrogens (tertiary/aromatic N) is 1. The van der Waals surface area contributed by atoms with Gasteiger partial charge in [0, 0.05) is 49.1 Å². The summed E-state index contributed by atoms with van der Waals surface area (Å²) in [5, 5.41) is 3.62. The molecule has 0 atom stereocenters. The lowest BCUT2D eigenvalue weighted by atomic mass is 10.1. The standard InChI is InChI=1S/C14H17ClFN3O/c1-20-6-5-17-8-10-9-18-14(19-10)7-11-12(15)3-2-4-13(11)16/h2-4,9,17H,5-8H2,1H3,(H,18,19). The highest BCUT2D eigenvalue weighted by Crippen LogP contribution is 2.21. The molecule has 0 spiro atoms. The number of aromatic nitrogens is 2. The van der Waals surface area contributed by atoms with Crippen molar-refractivity contribution in [1.29, 1.82) is 0 Å². The Bertz CT molecular complexity index is 539. The molecule has 0 fully saturated rings. The van der Waals surface area contributed by atoms with Crippen molar-refractivity contribution in [1.82, 2.24) is 15.3 Å². The molecule has 20 heavy (non-hydrogen) atoms. The van der Waals surface area contributed by atoms with Crippen LogP contribution in [0.25, 0.3) is 0 Å². The quantitative estimate of drug-likeness (QED) is 0.772. The molecule has 0 aliphatic rings. The van der Waals surface area contributed by atoms with Gasteiger partial charge < -0.3 is 15.0 Å². The number of imidazole rings is 1. The summed E-state index contributed by atoms with van der Waals surface area (Å²) in [6.45, 7) is 2.09.